The van der Waals surface area contributed by atoms with Crippen LogP contribution in [0.2, 0.25) is 0 Å². The number of aromatic nitrogens is 6. The SMILES string of the molecule is CC(=O)c1nn(CC(=O)N2[C@@H]3C[C@@H]3C[C@H]2C(=O)Nc2cncc(Br)n2)c2ccc(Oc3ncc(C)cn3)cc12. The van der Waals surface area contributed by atoms with Gasteiger partial charge in [0.15, 0.2) is 11.6 Å². The fraction of sp³-hybridized carbons (Fsp3) is 0.308. The van der Waals surface area contributed by atoms with Crippen molar-refractivity contribution in [3.05, 3.63) is 58.8 Å². The number of nitrogens with zero attached hydrogens (tertiary/aromatic N) is 7. The van der Waals surface area contributed by atoms with Crippen molar-refractivity contribution < 1.29 is 19.1 Å². The molecule has 0 radical (unpaired) electrons. The smallest absolute Gasteiger partial charge is 0.321 e. The average molecular weight is 591 g/mol. The number of nitrogens with one attached hydrogen (secondary N) is 1. The monoisotopic (exact) mass is 590 g/mol. The fourth-order valence-corrected chi connectivity index (χ4v) is 5.32. The Morgan fingerprint density at radius 2 is 1.92 bits per heavy atom. The van der Waals surface area contributed by atoms with Crippen LogP contribution in [0.1, 0.15) is 35.8 Å². The van der Waals surface area contributed by atoms with E-state index in [0.717, 1.165) is 12.0 Å². The molecule has 1 aliphatic heterocycles. The summed E-state index contributed by atoms with van der Waals surface area (Å²) in [4.78, 5) is 57.2. The van der Waals surface area contributed by atoms with Crippen LogP contribution in [0.15, 0.2) is 47.6 Å². The molecule has 1 N–H and O–H groups in total. The van der Waals surface area contributed by atoms with E-state index < -0.39 is 6.04 Å². The molecule has 3 aromatic heterocycles. The molecule has 0 unspecified atom stereocenters. The fourth-order valence-electron chi connectivity index (χ4n) is 5.01. The first-order chi connectivity index (χ1) is 18.8. The maximum Gasteiger partial charge on any atom is 0.321 e. The van der Waals surface area contributed by atoms with Crippen molar-refractivity contribution in [2.75, 3.05) is 5.32 Å². The maximum atomic E-state index is 13.6. The molecule has 0 bridgehead atoms. The number of carbonyl (C=O) groups excluding carboxylic acids is 3. The van der Waals surface area contributed by atoms with Crippen LogP contribution in [0, 0.1) is 12.8 Å². The Labute approximate surface area is 230 Å². The van der Waals surface area contributed by atoms with Gasteiger partial charge in [-0.05, 0) is 65.4 Å². The van der Waals surface area contributed by atoms with Crippen molar-refractivity contribution in [3.63, 3.8) is 0 Å². The quantitative estimate of drug-likeness (QED) is 0.320. The Hall–Kier alpha value is -4.26. The second-order valence-electron chi connectivity index (χ2n) is 9.72. The number of ketones is 1. The standard InChI is InChI=1S/C26H23BrN8O4/c1-13-8-29-26(30-9-13)39-16-3-4-18-17(7-16)24(14(2)36)33-34(18)12-23(37)35-19-5-15(19)6-20(35)25(38)32-22-11-28-10-21(27)31-22/h3-4,7-11,15,19-20H,5-6,12H2,1-2H3,(H,31,32,38)/t15-,19-,20+/m1/s1. The number of anilines is 1. The molecule has 198 valence electrons. The third-order valence-electron chi connectivity index (χ3n) is 6.86. The van der Waals surface area contributed by atoms with Gasteiger partial charge in [0, 0.05) is 30.7 Å². The van der Waals surface area contributed by atoms with Gasteiger partial charge in [-0.15, -0.1) is 0 Å². The summed E-state index contributed by atoms with van der Waals surface area (Å²) in [5.74, 6) is 0.245. The van der Waals surface area contributed by atoms with Crippen molar-refractivity contribution in [3.8, 4) is 11.8 Å². The van der Waals surface area contributed by atoms with Crippen LogP contribution in [-0.4, -0.2) is 64.3 Å². The number of Topliss-reactive ketones (excluding diaryl/α,β-unsaturated/α-hetero) is 1. The molecule has 4 heterocycles. The van der Waals surface area contributed by atoms with Crippen LogP contribution < -0.4 is 10.1 Å². The van der Waals surface area contributed by atoms with Gasteiger partial charge < -0.3 is 15.0 Å². The van der Waals surface area contributed by atoms with Crippen molar-refractivity contribution in [1.82, 2.24) is 34.6 Å². The minimum absolute atomic E-state index is 0.0189. The van der Waals surface area contributed by atoms with E-state index in [2.05, 4.69) is 46.3 Å². The molecule has 13 heteroatoms. The second kappa shape index (κ2) is 9.80. The molecule has 2 aliphatic rings. The first-order valence-electron chi connectivity index (χ1n) is 12.3. The number of halogens is 1. The van der Waals surface area contributed by atoms with E-state index in [1.807, 2.05) is 6.92 Å². The van der Waals surface area contributed by atoms with Crippen LogP contribution in [0.4, 0.5) is 5.82 Å². The van der Waals surface area contributed by atoms with Gasteiger partial charge >= 0.3 is 6.01 Å². The summed E-state index contributed by atoms with van der Waals surface area (Å²) in [6.45, 7) is 3.18. The molecule has 0 spiro atoms. The summed E-state index contributed by atoms with van der Waals surface area (Å²) in [5, 5.41) is 7.77. The van der Waals surface area contributed by atoms with Gasteiger partial charge in [0.25, 0.3) is 0 Å². The van der Waals surface area contributed by atoms with Crippen LogP contribution in [0.3, 0.4) is 0 Å². The molecule has 3 atom stereocenters. The zero-order valence-corrected chi connectivity index (χ0v) is 22.6. The first kappa shape index (κ1) is 25.0. The molecule has 1 aliphatic carbocycles. The Morgan fingerprint density at radius 3 is 2.67 bits per heavy atom. The molecule has 1 saturated heterocycles. The third-order valence-corrected chi connectivity index (χ3v) is 7.24. The van der Waals surface area contributed by atoms with Crippen molar-refractivity contribution >= 4 is 50.2 Å². The Morgan fingerprint density at radius 1 is 1.13 bits per heavy atom. The highest BCUT2D eigenvalue weighted by molar-refractivity contribution is 9.10. The maximum absolute atomic E-state index is 13.6. The molecule has 2 fully saturated rings. The Bertz CT molecular complexity index is 1620. The highest BCUT2D eigenvalue weighted by Crippen LogP contribution is 2.48. The van der Waals surface area contributed by atoms with Crippen molar-refractivity contribution in [2.24, 2.45) is 5.92 Å². The zero-order valence-electron chi connectivity index (χ0n) is 21.0. The Balaban J connectivity index is 1.24. The predicted molar refractivity (Wildman–Crippen MR) is 142 cm³/mol. The molecule has 1 saturated carbocycles. The summed E-state index contributed by atoms with van der Waals surface area (Å²) >= 11 is 3.24. The van der Waals surface area contributed by atoms with Crippen molar-refractivity contribution in [1.29, 1.82) is 0 Å². The number of piperidine rings is 1. The molecule has 39 heavy (non-hydrogen) atoms. The zero-order chi connectivity index (χ0) is 27.3. The third kappa shape index (κ3) is 4.97. The lowest BCUT2D eigenvalue weighted by molar-refractivity contribution is -0.138. The topological polar surface area (TPSA) is 145 Å². The summed E-state index contributed by atoms with van der Waals surface area (Å²) in [6, 6.07) is 4.71. The van der Waals surface area contributed by atoms with Gasteiger partial charge in [0.1, 0.15) is 28.6 Å². The lowest BCUT2D eigenvalue weighted by Gasteiger charge is -2.26. The lowest BCUT2D eigenvalue weighted by atomic mass is 10.1. The van der Waals surface area contributed by atoms with E-state index in [9.17, 15) is 14.4 Å². The van der Waals surface area contributed by atoms with Gasteiger partial charge in [-0.1, -0.05) is 0 Å². The number of ether oxygens (including phenoxy) is 1. The number of hydrogen-bond donors (Lipinski definition) is 1. The normalized spacial score (nSPS) is 19.6. The molecule has 6 rings (SSSR count). The number of benzene rings is 1. The van der Waals surface area contributed by atoms with E-state index in [1.54, 1.807) is 35.5 Å². The minimum Gasteiger partial charge on any atom is -0.424 e. The number of rotatable bonds is 7. The summed E-state index contributed by atoms with van der Waals surface area (Å²) in [6.07, 6.45) is 7.72. The Kier molecular flexibility index (Phi) is 6.29. The van der Waals surface area contributed by atoms with Crippen LogP contribution in [0.25, 0.3) is 10.9 Å². The van der Waals surface area contributed by atoms with E-state index >= 15 is 0 Å². The number of fused-ring (bicyclic) bond motifs is 2. The van der Waals surface area contributed by atoms with E-state index in [1.165, 1.54) is 24.0 Å². The average Bonchev–Trinajstić information content (AvgIpc) is 3.41. The van der Waals surface area contributed by atoms with Crippen LogP contribution >= 0.6 is 15.9 Å². The molecular formula is C26H23BrN8O4. The van der Waals surface area contributed by atoms with Crippen LogP contribution in [0.5, 0.6) is 11.8 Å². The molecule has 12 nitrogen and oxygen atoms in total. The lowest BCUT2D eigenvalue weighted by Crippen LogP contribution is -2.46. The number of likely N-dealkylation sites (tertiary alicyclic amines) is 1. The largest absolute Gasteiger partial charge is 0.424 e. The van der Waals surface area contributed by atoms with E-state index in [0.29, 0.717) is 39.4 Å². The highest BCUT2D eigenvalue weighted by atomic mass is 79.9. The second-order valence-corrected chi connectivity index (χ2v) is 10.5. The van der Waals surface area contributed by atoms with E-state index in [-0.39, 0.29) is 41.9 Å². The summed E-state index contributed by atoms with van der Waals surface area (Å²) in [5.41, 5.74) is 1.73. The van der Waals surface area contributed by atoms with Crippen LogP contribution in [-0.2, 0) is 16.1 Å². The number of hydrogen-bond acceptors (Lipinski definition) is 9. The van der Waals surface area contributed by atoms with Gasteiger partial charge in [-0.3, -0.25) is 24.0 Å². The highest BCUT2D eigenvalue weighted by Gasteiger charge is 2.56. The number of aryl methyl sites for hydroxylation is 1. The van der Waals surface area contributed by atoms with Gasteiger partial charge in [-0.2, -0.15) is 5.10 Å². The van der Waals surface area contributed by atoms with Gasteiger partial charge in [0.2, 0.25) is 11.8 Å². The molecular weight excluding hydrogens is 568 g/mol. The predicted octanol–water partition coefficient (Wildman–Crippen LogP) is 3.31. The molecule has 1 aromatic carbocycles. The summed E-state index contributed by atoms with van der Waals surface area (Å²) in [7, 11) is 0. The van der Waals surface area contributed by atoms with Crippen molar-refractivity contribution in [2.45, 2.75) is 45.3 Å². The first-order valence-corrected chi connectivity index (χ1v) is 13.1. The van der Waals surface area contributed by atoms with E-state index in [4.69, 9.17) is 4.74 Å². The molecule has 4 aromatic rings. The summed E-state index contributed by atoms with van der Waals surface area (Å²) < 4.78 is 7.76. The van der Waals surface area contributed by atoms with Gasteiger partial charge in [0.05, 0.1) is 17.9 Å². The van der Waals surface area contributed by atoms with Gasteiger partial charge in [-0.25, -0.2) is 15.0 Å². The number of amides is 2. The molecule has 2 amide bonds. The number of carbonyl (C=O) groups is 3. The minimum atomic E-state index is -0.620.